The molecule has 5 N–H and O–H groups in total. The molecule has 1 aliphatic carbocycles. The predicted octanol–water partition coefficient (Wildman–Crippen LogP) is 3.45. The summed E-state index contributed by atoms with van der Waals surface area (Å²) in [6.07, 6.45) is 4.86. The van der Waals surface area contributed by atoms with E-state index in [9.17, 15) is 49.5 Å². The van der Waals surface area contributed by atoms with Crippen LogP contribution >= 0.6 is 0 Å². The number of fused-ring (bicyclic) bond motifs is 2. The number of ketones is 1. The fraction of sp³-hybridized carbons (Fsp3) is 0.237. The summed E-state index contributed by atoms with van der Waals surface area (Å²) in [4.78, 5) is 61.6. The third-order valence-electron chi connectivity index (χ3n) is 8.83. The van der Waals surface area contributed by atoms with Gasteiger partial charge in [0.05, 0.1) is 11.4 Å². The average Bonchev–Trinajstić information content (AvgIpc) is 3.06. The maximum atomic E-state index is 12.6. The summed E-state index contributed by atoms with van der Waals surface area (Å²) in [5.74, 6) is -4.75. The van der Waals surface area contributed by atoms with Crippen molar-refractivity contribution < 1.29 is 59.0 Å². The van der Waals surface area contributed by atoms with E-state index in [0.717, 1.165) is 42.5 Å². The number of nitrogens with zero attached hydrogens (tertiary/aromatic N) is 2. The number of carbonyl (C=O) groups excluding carboxylic acids is 1. The smallest absolute Gasteiger partial charge is 0.323 e. The first-order valence-corrected chi connectivity index (χ1v) is 19.5. The van der Waals surface area contributed by atoms with Gasteiger partial charge in [-0.3, -0.25) is 24.0 Å². The lowest BCUT2D eigenvalue weighted by atomic mass is 9.89. The zero-order valence-corrected chi connectivity index (χ0v) is 30.2. The van der Waals surface area contributed by atoms with Crippen molar-refractivity contribution in [2.24, 2.45) is 0 Å². The minimum absolute atomic E-state index is 0.0774. The van der Waals surface area contributed by atoms with Crippen molar-refractivity contribution in [2.75, 3.05) is 49.2 Å². The molecule has 2 aliphatic rings. The van der Waals surface area contributed by atoms with Crippen LogP contribution in [0, 0.1) is 6.92 Å². The Morgan fingerprint density at radius 1 is 0.698 bits per heavy atom. The molecule has 5 rings (SSSR count). The first-order chi connectivity index (χ1) is 25.0. The third-order valence-corrected chi connectivity index (χ3v) is 12.3. The van der Waals surface area contributed by atoms with Crippen molar-refractivity contribution in [3.05, 3.63) is 100 Å². The number of anilines is 2. The van der Waals surface area contributed by atoms with Gasteiger partial charge in [-0.1, -0.05) is 37.4 Å². The number of hydrogen-bond acceptors (Lipinski definition) is 10. The minimum Gasteiger partial charge on any atom is -0.508 e. The number of benzene rings is 3. The van der Waals surface area contributed by atoms with E-state index < -0.39 is 58.1 Å². The summed E-state index contributed by atoms with van der Waals surface area (Å²) in [6.45, 7) is 3.20. The van der Waals surface area contributed by atoms with Gasteiger partial charge in [0.15, 0.2) is 5.78 Å². The zero-order valence-electron chi connectivity index (χ0n) is 29.2. The van der Waals surface area contributed by atoms with E-state index in [1.807, 2.05) is 6.07 Å². The molecule has 53 heavy (non-hydrogen) atoms. The molecule has 0 unspecified atom stereocenters. The molecule has 15 heteroatoms. The Bertz CT molecular complexity index is 2070. The minimum atomic E-state index is -2.48. The van der Waals surface area contributed by atoms with E-state index in [-0.39, 0.29) is 47.6 Å². The molecule has 1 aliphatic heterocycles. The van der Waals surface area contributed by atoms with E-state index in [4.69, 9.17) is 9.47 Å². The van der Waals surface area contributed by atoms with Crippen molar-refractivity contribution in [2.45, 2.75) is 20.0 Å². The fourth-order valence-corrected chi connectivity index (χ4v) is 9.65. The first-order valence-electron chi connectivity index (χ1n) is 16.5. The van der Waals surface area contributed by atoms with Crippen LogP contribution in [0.4, 0.5) is 11.4 Å². The Hall–Kier alpha value is -6.35. The van der Waals surface area contributed by atoms with E-state index >= 15 is 0 Å². The molecule has 0 amide bonds. The van der Waals surface area contributed by atoms with Crippen LogP contribution in [0.25, 0.3) is 5.57 Å². The second kappa shape index (κ2) is 15.5. The molecule has 0 saturated heterocycles. The second-order valence-electron chi connectivity index (χ2n) is 13.1. The quantitative estimate of drug-likeness (QED) is 0.105. The maximum absolute atomic E-state index is 12.6. The Kier molecular flexibility index (Phi) is 11.1. The largest absolute Gasteiger partial charge is 0.508 e. The number of ether oxygens (including phenoxy) is 2. The van der Waals surface area contributed by atoms with Crippen molar-refractivity contribution in [1.82, 2.24) is 0 Å². The predicted molar refractivity (Wildman–Crippen MR) is 197 cm³/mol. The summed E-state index contributed by atoms with van der Waals surface area (Å²) < 4.78 is 12.2. The molecule has 14 nitrogen and oxygen atoms in total. The number of rotatable bonds is 16. The van der Waals surface area contributed by atoms with E-state index in [1.54, 1.807) is 67.6 Å². The summed E-state index contributed by atoms with van der Waals surface area (Å²) >= 11 is 0. The van der Waals surface area contributed by atoms with Gasteiger partial charge in [0.1, 0.15) is 64.7 Å². The lowest BCUT2D eigenvalue weighted by molar-refractivity contribution is -0.138. The standard InChI is InChI=1S/C38H38N2O12Si/c1-22-4-10-28(39(18-34(43)44)19-35(45)46)30(14-22)51-12-13-52-31-15-23(5-11-29(31)40(20-36(47)48)21-37(49)50)38-26-8-6-24(41)16-32(26)53(2,3)33-17-25(42)7-9-27(33)38/h4-11,14-17,41H,12-13,18-21H2,1-3H3,(H,43,44)(H,45,46)(H,47,48)(H,49,50). The van der Waals surface area contributed by atoms with E-state index in [1.165, 1.54) is 6.08 Å². The molecule has 0 spiro atoms. The normalized spacial score (nSPS) is 14.1. The number of aromatic hydroxyl groups is 1. The van der Waals surface area contributed by atoms with Crippen molar-refractivity contribution in [1.29, 1.82) is 0 Å². The van der Waals surface area contributed by atoms with Gasteiger partial charge in [0.25, 0.3) is 0 Å². The number of aryl methyl sites for hydroxylation is 1. The molecule has 1 heterocycles. The van der Waals surface area contributed by atoms with Gasteiger partial charge in [-0.15, -0.1) is 0 Å². The second-order valence-corrected chi connectivity index (χ2v) is 17.4. The number of phenolic OH excluding ortho intramolecular Hbond substituents is 1. The number of allylic oxidation sites excluding steroid dienone is 5. The number of phenols is 1. The fourth-order valence-electron chi connectivity index (χ4n) is 6.58. The lowest BCUT2D eigenvalue weighted by Crippen LogP contribution is -2.49. The van der Waals surface area contributed by atoms with Crippen LogP contribution < -0.4 is 24.5 Å². The molecule has 0 saturated carbocycles. The lowest BCUT2D eigenvalue weighted by Gasteiger charge is -2.37. The molecular formula is C38H38N2O12Si. The van der Waals surface area contributed by atoms with Crippen LogP contribution in [0.2, 0.25) is 13.1 Å². The van der Waals surface area contributed by atoms with Gasteiger partial charge in [-0.05, 0) is 93.7 Å². The average molecular weight is 743 g/mol. The molecule has 0 bridgehead atoms. The Labute approximate surface area is 305 Å². The Morgan fingerprint density at radius 2 is 1.23 bits per heavy atom. The maximum Gasteiger partial charge on any atom is 0.323 e. The molecule has 0 fully saturated rings. The highest BCUT2D eigenvalue weighted by molar-refractivity contribution is 6.98. The molecule has 0 aromatic heterocycles. The highest BCUT2D eigenvalue weighted by Gasteiger charge is 2.40. The molecule has 0 atom stereocenters. The summed E-state index contributed by atoms with van der Waals surface area (Å²) in [7, 11) is -2.48. The van der Waals surface area contributed by atoms with Crippen LogP contribution in [0.15, 0.2) is 83.6 Å². The van der Waals surface area contributed by atoms with E-state index in [2.05, 4.69) is 13.1 Å². The van der Waals surface area contributed by atoms with Gasteiger partial charge in [-0.2, -0.15) is 0 Å². The first kappa shape index (κ1) is 37.9. The number of carbonyl (C=O) groups is 5. The van der Waals surface area contributed by atoms with Crippen LogP contribution in [0.1, 0.15) is 16.7 Å². The Morgan fingerprint density at radius 3 is 1.77 bits per heavy atom. The molecule has 3 aromatic carbocycles. The third kappa shape index (κ3) is 8.58. The molecule has 0 radical (unpaired) electrons. The SMILES string of the molecule is Cc1ccc(N(CC(=O)O)CC(=O)O)c(OCCOc2cc(C3=C4C=CC(=O)C=C4[Si](C)(C)c4cc(O)ccc43)ccc2N(CC(=O)O)CC(=O)O)c1. The molecular weight excluding hydrogens is 705 g/mol. The summed E-state index contributed by atoms with van der Waals surface area (Å²) in [5, 5.41) is 50.3. The topological polar surface area (TPSA) is 211 Å². The van der Waals surface area contributed by atoms with Crippen molar-refractivity contribution in [3.63, 3.8) is 0 Å². The monoisotopic (exact) mass is 742 g/mol. The van der Waals surface area contributed by atoms with Gasteiger partial charge < -0.3 is 44.8 Å². The van der Waals surface area contributed by atoms with Crippen LogP contribution in [0.5, 0.6) is 17.2 Å². The van der Waals surface area contributed by atoms with E-state index in [0.29, 0.717) is 5.56 Å². The summed E-state index contributed by atoms with van der Waals surface area (Å²) in [5.41, 5.74) is 4.17. The highest BCUT2D eigenvalue weighted by atomic mass is 28.3. The van der Waals surface area contributed by atoms with Crippen LogP contribution in [0.3, 0.4) is 0 Å². The van der Waals surface area contributed by atoms with Gasteiger partial charge in [-0.25, -0.2) is 0 Å². The number of carboxylic acid groups (broad SMARTS) is 4. The number of carboxylic acids is 4. The summed E-state index contributed by atoms with van der Waals surface area (Å²) in [6, 6.07) is 14.9. The molecule has 276 valence electrons. The molecule has 3 aromatic rings. The van der Waals surface area contributed by atoms with Crippen LogP contribution in [-0.2, 0) is 24.0 Å². The van der Waals surface area contributed by atoms with Gasteiger partial charge in [0, 0.05) is 0 Å². The zero-order chi connectivity index (χ0) is 38.6. The van der Waals surface area contributed by atoms with Gasteiger partial charge >= 0.3 is 23.9 Å². The number of hydrogen-bond donors (Lipinski definition) is 5. The van der Waals surface area contributed by atoms with Crippen molar-refractivity contribution in [3.8, 4) is 17.2 Å². The highest BCUT2D eigenvalue weighted by Crippen LogP contribution is 2.43. The van der Waals surface area contributed by atoms with Gasteiger partial charge in [0.2, 0.25) is 0 Å². The Balaban J connectivity index is 1.55. The van der Waals surface area contributed by atoms with Crippen LogP contribution in [-0.4, -0.2) is 103 Å². The van der Waals surface area contributed by atoms with Crippen molar-refractivity contribution >= 4 is 59.9 Å². The number of aliphatic carboxylic acids is 4.